The Hall–Kier alpha value is -5.39. The first kappa shape index (κ1) is 35.1. The van der Waals surface area contributed by atoms with E-state index in [0.717, 1.165) is 44.9 Å². The van der Waals surface area contributed by atoms with E-state index in [-0.39, 0.29) is 44.3 Å². The first-order chi connectivity index (χ1) is 26.4. The molecule has 3 aliphatic heterocycles. The summed E-state index contributed by atoms with van der Waals surface area (Å²) in [6.07, 6.45) is 3.94. The van der Waals surface area contributed by atoms with E-state index in [0.29, 0.717) is 11.5 Å². The maximum atomic E-state index is 6.84. The van der Waals surface area contributed by atoms with Gasteiger partial charge in [-0.3, -0.25) is 4.98 Å². The number of hydrogen-bond acceptors (Lipinski definition) is 5. The fourth-order valence-electron chi connectivity index (χ4n) is 9.35. The third-order valence-electron chi connectivity index (χ3n) is 12.9. The summed E-state index contributed by atoms with van der Waals surface area (Å²) >= 11 is 0. The molecule has 6 nitrogen and oxygen atoms in total. The molecule has 3 aliphatic rings. The van der Waals surface area contributed by atoms with Crippen molar-refractivity contribution in [3.63, 3.8) is 0 Å². The van der Waals surface area contributed by atoms with Crippen LogP contribution in [0.25, 0.3) is 38.4 Å². The zero-order chi connectivity index (χ0) is 37.6. The molecule has 0 N–H and O–H groups in total. The number of rotatable bonds is 3. The summed E-state index contributed by atoms with van der Waals surface area (Å²) in [5.74, 6) is 2.14. The van der Waals surface area contributed by atoms with E-state index < -0.39 is 0 Å². The largest absolute Gasteiger partial charge is 2.00 e. The van der Waals surface area contributed by atoms with E-state index >= 15 is 0 Å². The average Bonchev–Trinajstić information content (AvgIpc) is 3.79. The Morgan fingerprint density at radius 1 is 0.696 bits per heavy atom. The van der Waals surface area contributed by atoms with Crippen LogP contribution in [0.2, 0.25) is 0 Å². The van der Waals surface area contributed by atoms with Crippen molar-refractivity contribution in [1.29, 1.82) is 0 Å². The Morgan fingerprint density at radius 3 is 2.29 bits per heavy atom. The molecule has 11 rings (SSSR count). The number of aromatic nitrogens is 3. The molecule has 0 radical (unpaired) electrons. The van der Waals surface area contributed by atoms with Crippen LogP contribution < -0.4 is 19.8 Å². The number of para-hydroxylation sites is 2. The van der Waals surface area contributed by atoms with E-state index in [9.17, 15) is 0 Å². The van der Waals surface area contributed by atoms with Gasteiger partial charge >= 0.3 is 28.0 Å². The first-order valence-electron chi connectivity index (χ1n) is 19.2. The summed E-state index contributed by atoms with van der Waals surface area (Å²) < 4.78 is 9.21. The number of pyridine rings is 2. The summed E-state index contributed by atoms with van der Waals surface area (Å²) in [6.45, 7) is 15.9. The van der Waals surface area contributed by atoms with E-state index in [2.05, 4.69) is 172 Å². The van der Waals surface area contributed by atoms with Crippen LogP contribution in [0.1, 0.15) is 65.3 Å². The second-order valence-corrected chi connectivity index (χ2v) is 17.4. The summed E-state index contributed by atoms with van der Waals surface area (Å²) in [5, 5.41) is 3.27. The van der Waals surface area contributed by atoms with E-state index in [4.69, 9.17) is 14.7 Å². The number of ether oxygens (including phenoxy) is 1. The van der Waals surface area contributed by atoms with Crippen molar-refractivity contribution in [2.75, 3.05) is 9.62 Å². The molecule has 8 heteroatoms. The number of benzene rings is 5. The summed E-state index contributed by atoms with van der Waals surface area (Å²) in [5.41, 5.74) is 12.3. The molecule has 0 bridgehead atoms. The van der Waals surface area contributed by atoms with Gasteiger partial charge in [-0.15, -0.1) is 35.9 Å². The SMILES string of the molecule is CC(C)(C)c1cc(Oc2[c-]c3c(cc2)c2cccc4c2n2c(cnc32)C(C)(C)C4(C)C)[c-]c(N2B3c4ccccc4-c4ccccc4N3c3cccnc32)c1.[Pt+2]. The van der Waals surface area contributed by atoms with Crippen molar-refractivity contribution in [3.8, 4) is 22.6 Å². The molecule has 0 spiro atoms. The van der Waals surface area contributed by atoms with Crippen molar-refractivity contribution in [2.45, 2.75) is 64.7 Å². The van der Waals surface area contributed by atoms with Crippen LogP contribution in [0.5, 0.6) is 11.5 Å². The summed E-state index contributed by atoms with van der Waals surface area (Å²) in [4.78, 5) is 14.8. The molecule has 0 saturated carbocycles. The zero-order valence-electron chi connectivity index (χ0n) is 32.5. The van der Waals surface area contributed by atoms with Gasteiger partial charge in [-0.1, -0.05) is 132 Å². The van der Waals surface area contributed by atoms with Gasteiger partial charge in [-0.2, -0.15) is 0 Å². The summed E-state index contributed by atoms with van der Waals surface area (Å²) in [6, 6.07) is 44.3. The Kier molecular flexibility index (Phi) is 7.40. The van der Waals surface area contributed by atoms with Crippen molar-refractivity contribution in [1.82, 2.24) is 14.4 Å². The third kappa shape index (κ3) is 4.61. The number of imidazole rings is 1. The van der Waals surface area contributed by atoms with Gasteiger partial charge in [0, 0.05) is 57.2 Å². The zero-order valence-corrected chi connectivity index (χ0v) is 34.8. The normalized spacial score (nSPS) is 15.8. The van der Waals surface area contributed by atoms with Crippen LogP contribution in [0.3, 0.4) is 0 Å². The van der Waals surface area contributed by atoms with Crippen molar-refractivity contribution in [2.24, 2.45) is 0 Å². The standard InChI is InChI=1S/C48H40BN5O.Pt/c1-46(2,3)29-24-30(53-45-41(20-13-23-50-45)54-40-19-11-9-15-35(40)34-14-8-10-18-39(34)49(53)54)26-32(25-29)55-31-21-22-33-36-16-12-17-38-43(36)52-42(48(6,7)47(38,4)5)28-51-44(52)37(33)27-31;/h8-25,28H,1-7H3;/q-2;+2. The monoisotopic (exact) mass is 908 g/mol. The molecule has 0 unspecified atom stereocenters. The van der Waals surface area contributed by atoms with E-state index in [1.54, 1.807) is 0 Å². The molecule has 3 aromatic heterocycles. The average molecular weight is 909 g/mol. The van der Waals surface area contributed by atoms with Crippen molar-refractivity contribution >= 4 is 62.6 Å². The van der Waals surface area contributed by atoms with Gasteiger partial charge < -0.3 is 18.8 Å². The molecule has 6 heterocycles. The van der Waals surface area contributed by atoms with Crippen LogP contribution in [-0.2, 0) is 37.3 Å². The van der Waals surface area contributed by atoms with Crippen molar-refractivity contribution < 1.29 is 25.8 Å². The fraction of sp³-hybridized carbons (Fsp3) is 0.208. The number of fused-ring (bicyclic) bond motifs is 11. The minimum Gasteiger partial charge on any atom is -0.503 e. The first-order valence-corrected chi connectivity index (χ1v) is 19.2. The number of nitrogens with zero attached hydrogens (tertiary/aromatic N) is 5. The van der Waals surface area contributed by atoms with Crippen LogP contribution in [0.15, 0.2) is 116 Å². The predicted octanol–water partition coefficient (Wildman–Crippen LogP) is 11.0. The number of anilines is 4. The third-order valence-corrected chi connectivity index (χ3v) is 12.9. The van der Waals surface area contributed by atoms with Crippen LogP contribution in [-0.4, -0.2) is 21.4 Å². The molecule has 8 aromatic rings. The molecule has 0 amide bonds. The van der Waals surface area contributed by atoms with E-state index in [1.165, 1.54) is 38.8 Å². The molecule has 0 fully saturated rings. The van der Waals surface area contributed by atoms with Crippen molar-refractivity contribution in [3.05, 3.63) is 144 Å². The quantitative estimate of drug-likeness (QED) is 0.100. The minimum atomic E-state index is -0.165. The summed E-state index contributed by atoms with van der Waals surface area (Å²) in [7, 11) is 0. The molecule has 0 saturated heterocycles. The molecule has 0 aliphatic carbocycles. The second kappa shape index (κ2) is 11.8. The van der Waals surface area contributed by atoms with Gasteiger partial charge in [0.25, 0.3) is 0 Å². The molecule has 56 heavy (non-hydrogen) atoms. The van der Waals surface area contributed by atoms with Gasteiger partial charge in [0.15, 0.2) is 0 Å². The topological polar surface area (TPSA) is 45.9 Å². The predicted molar refractivity (Wildman–Crippen MR) is 225 cm³/mol. The maximum absolute atomic E-state index is 6.84. The van der Waals surface area contributed by atoms with Gasteiger partial charge in [0.2, 0.25) is 0 Å². The molecular formula is C48H40BN5OPt. The Balaban J connectivity index is 0.00000384. The Labute approximate surface area is 342 Å². The Bertz CT molecular complexity index is 2940. The maximum Gasteiger partial charge on any atom is 2.00 e. The molecule has 276 valence electrons. The molecule has 5 aromatic carbocycles. The Morgan fingerprint density at radius 2 is 1.46 bits per heavy atom. The van der Waals surface area contributed by atoms with Gasteiger partial charge in [-0.05, 0) is 45.6 Å². The van der Waals surface area contributed by atoms with Crippen LogP contribution in [0, 0.1) is 12.1 Å². The van der Waals surface area contributed by atoms with E-state index in [1.807, 2.05) is 18.3 Å². The van der Waals surface area contributed by atoms with Gasteiger partial charge in [-0.25, -0.2) is 4.98 Å². The minimum absolute atomic E-state index is 0. The molecular weight excluding hydrogens is 868 g/mol. The molecule has 0 atom stereocenters. The van der Waals surface area contributed by atoms with Gasteiger partial charge in [0.1, 0.15) is 5.82 Å². The fourth-order valence-corrected chi connectivity index (χ4v) is 9.35. The van der Waals surface area contributed by atoms with Crippen LogP contribution >= 0.6 is 0 Å². The number of hydrogen-bond donors (Lipinski definition) is 0. The van der Waals surface area contributed by atoms with Crippen LogP contribution in [0.4, 0.5) is 22.9 Å². The smallest absolute Gasteiger partial charge is 0.503 e. The van der Waals surface area contributed by atoms with Gasteiger partial charge in [0.05, 0.1) is 11.3 Å². The second-order valence-electron chi connectivity index (χ2n) is 17.4.